The fraction of sp³-hybridized carbons (Fsp3) is 0.227. The van der Waals surface area contributed by atoms with Gasteiger partial charge in [0.2, 0.25) is 0 Å². The van der Waals surface area contributed by atoms with Gasteiger partial charge in [0.05, 0.1) is 11.0 Å². The van der Waals surface area contributed by atoms with E-state index in [4.69, 9.17) is 16.6 Å². The normalized spacial score (nSPS) is 11.7. The molecule has 0 amide bonds. The topological polar surface area (TPSA) is 17.8 Å². The first-order valence-corrected chi connectivity index (χ1v) is 9.11. The van der Waals surface area contributed by atoms with Crippen LogP contribution in [0.4, 0.5) is 0 Å². The second-order valence-corrected chi connectivity index (χ2v) is 7.42. The summed E-state index contributed by atoms with van der Waals surface area (Å²) in [6.45, 7) is 5.44. The number of rotatable bonds is 4. The molecule has 0 N–H and O–H groups in total. The summed E-state index contributed by atoms with van der Waals surface area (Å²) in [7, 11) is 0. The number of nitrogens with zero attached hydrogens (tertiary/aromatic N) is 2. The number of aromatic nitrogens is 2. The van der Waals surface area contributed by atoms with Crippen molar-refractivity contribution in [1.82, 2.24) is 9.55 Å². The maximum atomic E-state index is 6.18. The molecule has 0 saturated heterocycles. The van der Waals surface area contributed by atoms with Crippen LogP contribution >= 0.6 is 11.6 Å². The third-order valence-electron chi connectivity index (χ3n) is 4.57. The van der Waals surface area contributed by atoms with E-state index in [2.05, 4.69) is 66.9 Å². The van der Waals surface area contributed by atoms with E-state index in [1.807, 2.05) is 12.1 Å². The zero-order valence-corrected chi connectivity index (χ0v) is 15.3. The lowest BCUT2D eigenvalue weighted by atomic mass is 10.0. The van der Waals surface area contributed by atoms with E-state index < -0.39 is 0 Å². The average Bonchev–Trinajstić information content (AvgIpc) is 2.91. The van der Waals surface area contributed by atoms with Crippen molar-refractivity contribution in [2.45, 2.75) is 26.8 Å². The Morgan fingerprint density at radius 1 is 1.00 bits per heavy atom. The summed E-state index contributed by atoms with van der Waals surface area (Å²) in [5.74, 6) is 1.65. The van der Waals surface area contributed by atoms with Crippen molar-refractivity contribution in [3.8, 4) is 0 Å². The Labute approximate surface area is 153 Å². The maximum absolute atomic E-state index is 6.18. The lowest BCUT2D eigenvalue weighted by Gasteiger charge is -2.13. The second kappa shape index (κ2) is 6.53. The molecular formula is C22H21ClN2. The first kappa shape index (κ1) is 16.2. The van der Waals surface area contributed by atoms with Crippen LogP contribution in [0.3, 0.4) is 0 Å². The quantitative estimate of drug-likeness (QED) is 0.436. The van der Waals surface area contributed by atoms with Gasteiger partial charge in [-0.1, -0.05) is 67.9 Å². The fourth-order valence-corrected chi connectivity index (χ4v) is 3.64. The summed E-state index contributed by atoms with van der Waals surface area (Å²) < 4.78 is 2.35. The molecule has 0 atom stereocenters. The molecule has 1 heterocycles. The molecule has 4 rings (SSSR count). The van der Waals surface area contributed by atoms with Gasteiger partial charge in [0.25, 0.3) is 0 Å². The molecule has 0 bridgehead atoms. The van der Waals surface area contributed by atoms with Gasteiger partial charge in [0, 0.05) is 18.0 Å². The van der Waals surface area contributed by atoms with Crippen LogP contribution in [0.15, 0.2) is 60.7 Å². The van der Waals surface area contributed by atoms with Gasteiger partial charge in [-0.15, -0.1) is 0 Å². The molecule has 0 aliphatic carbocycles. The monoisotopic (exact) mass is 348 g/mol. The molecule has 4 aromatic rings. The van der Waals surface area contributed by atoms with Crippen molar-refractivity contribution in [3.05, 3.63) is 77.1 Å². The van der Waals surface area contributed by atoms with Crippen molar-refractivity contribution in [2.75, 3.05) is 0 Å². The van der Waals surface area contributed by atoms with E-state index in [0.29, 0.717) is 5.92 Å². The van der Waals surface area contributed by atoms with Gasteiger partial charge in [0.15, 0.2) is 0 Å². The number of halogens is 1. The lowest BCUT2D eigenvalue weighted by molar-refractivity contribution is 0.520. The van der Waals surface area contributed by atoms with Gasteiger partial charge in [-0.05, 0) is 40.5 Å². The number of hydrogen-bond acceptors (Lipinski definition) is 1. The Morgan fingerprint density at radius 3 is 2.64 bits per heavy atom. The molecule has 0 aliphatic heterocycles. The Morgan fingerprint density at radius 2 is 1.80 bits per heavy atom. The molecule has 0 unspecified atom stereocenters. The van der Waals surface area contributed by atoms with Gasteiger partial charge < -0.3 is 4.57 Å². The lowest BCUT2D eigenvalue weighted by Crippen LogP contribution is -2.09. The molecule has 3 heteroatoms. The minimum Gasteiger partial charge on any atom is -0.327 e. The second-order valence-electron chi connectivity index (χ2n) is 6.98. The summed E-state index contributed by atoms with van der Waals surface area (Å²) in [4.78, 5) is 4.91. The van der Waals surface area contributed by atoms with E-state index in [1.165, 1.54) is 16.3 Å². The minimum atomic E-state index is 0.555. The Kier molecular flexibility index (Phi) is 4.22. The number of hydrogen-bond donors (Lipinski definition) is 0. The maximum Gasteiger partial charge on any atom is 0.114 e. The first-order chi connectivity index (χ1) is 12.1. The third-order valence-corrected chi connectivity index (χ3v) is 4.80. The summed E-state index contributed by atoms with van der Waals surface area (Å²) in [6, 6.07) is 21.0. The molecule has 0 radical (unpaired) electrons. The SMILES string of the molecule is CC(C)Cn1c(Cc2cccc3ccccc23)nc2cc(Cl)ccc21. The zero-order valence-electron chi connectivity index (χ0n) is 14.5. The zero-order chi connectivity index (χ0) is 17.4. The molecule has 0 fully saturated rings. The molecule has 2 nitrogen and oxygen atoms in total. The molecule has 126 valence electrons. The van der Waals surface area contributed by atoms with Crippen LogP contribution in [0, 0.1) is 5.92 Å². The highest BCUT2D eigenvalue weighted by atomic mass is 35.5. The van der Waals surface area contributed by atoms with Crippen LogP contribution in [0.2, 0.25) is 5.02 Å². The van der Waals surface area contributed by atoms with E-state index in [0.717, 1.165) is 34.8 Å². The van der Waals surface area contributed by atoms with Crippen molar-refractivity contribution in [2.24, 2.45) is 5.92 Å². The Bertz CT molecular complexity index is 1040. The molecule has 0 saturated carbocycles. The average molecular weight is 349 g/mol. The van der Waals surface area contributed by atoms with Crippen molar-refractivity contribution in [3.63, 3.8) is 0 Å². The Hall–Kier alpha value is -2.32. The summed E-state index contributed by atoms with van der Waals surface area (Å²) in [5.41, 5.74) is 3.45. The summed E-state index contributed by atoms with van der Waals surface area (Å²) in [5, 5.41) is 3.30. The van der Waals surface area contributed by atoms with Crippen LogP contribution in [-0.2, 0) is 13.0 Å². The predicted molar refractivity (Wildman–Crippen MR) is 106 cm³/mol. The van der Waals surface area contributed by atoms with Gasteiger partial charge in [0.1, 0.15) is 5.82 Å². The highest BCUT2D eigenvalue weighted by Crippen LogP contribution is 2.26. The number of imidazole rings is 1. The van der Waals surface area contributed by atoms with Gasteiger partial charge in [-0.2, -0.15) is 0 Å². The highest BCUT2D eigenvalue weighted by Gasteiger charge is 2.14. The van der Waals surface area contributed by atoms with Crippen LogP contribution < -0.4 is 0 Å². The van der Waals surface area contributed by atoms with E-state index in [9.17, 15) is 0 Å². The van der Waals surface area contributed by atoms with Crippen molar-refractivity contribution in [1.29, 1.82) is 0 Å². The van der Waals surface area contributed by atoms with Crippen molar-refractivity contribution < 1.29 is 0 Å². The molecule has 1 aromatic heterocycles. The van der Waals surface area contributed by atoms with Gasteiger partial charge >= 0.3 is 0 Å². The van der Waals surface area contributed by atoms with Crippen LogP contribution in [-0.4, -0.2) is 9.55 Å². The molecule has 0 aliphatic rings. The summed E-state index contributed by atoms with van der Waals surface area (Å²) in [6.07, 6.45) is 0.820. The molecule has 25 heavy (non-hydrogen) atoms. The van der Waals surface area contributed by atoms with Crippen LogP contribution in [0.1, 0.15) is 25.2 Å². The van der Waals surface area contributed by atoms with E-state index in [1.54, 1.807) is 0 Å². The molecule has 0 spiro atoms. The smallest absolute Gasteiger partial charge is 0.114 e. The van der Waals surface area contributed by atoms with Crippen LogP contribution in [0.5, 0.6) is 0 Å². The number of benzene rings is 3. The van der Waals surface area contributed by atoms with Gasteiger partial charge in [-0.3, -0.25) is 0 Å². The number of fused-ring (bicyclic) bond motifs is 2. The van der Waals surface area contributed by atoms with E-state index in [-0.39, 0.29) is 0 Å². The van der Waals surface area contributed by atoms with Gasteiger partial charge in [-0.25, -0.2) is 4.98 Å². The van der Waals surface area contributed by atoms with Crippen molar-refractivity contribution >= 4 is 33.4 Å². The fourth-order valence-electron chi connectivity index (χ4n) is 3.47. The molecular weight excluding hydrogens is 328 g/mol. The van der Waals surface area contributed by atoms with Crippen LogP contribution in [0.25, 0.3) is 21.8 Å². The third kappa shape index (κ3) is 3.14. The van der Waals surface area contributed by atoms with E-state index >= 15 is 0 Å². The standard InChI is InChI=1S/C22H21ClN2/c1-15(2)14-25-21-11-10-18(23)13-20(21)24-22(25)12-17-8-5-7-16-6-3-4-9-19(16)17/h3-11,13,15H,12,14H2,1-2H3. The summed E-state index contributed by atoms with van der Waals surface area (Å²) >= 11 is 6.18. The highest BCUT2D eigenvalue weighted by molar-refractivity contribution is 6.31. The molecule has 3 aromatic carbocycles. The predicted octanol–water partition coefficient (Wildman–Crippen LogP) is 6.09. The minimum absolute atomic E-state index is 0.555. The Balaban J connectivity index is 1.85. The largest absolute Gasteiger partial charge is 0.327 e. The first-order valence-electron chi connectivity index (χ1n) is 8.73.